The Kier molecular flexibility index (Phi) is 12.7. The number of aliphatic imine (C=N–C) groups is 1. The van der Waals surface area contributed by atoms with Crippen LogP contribution in [0.15, 0.2) is 4.99 Å². The molecule has 2 N–H and O–H groups in total. The average Bonchev–Trinajstić information content (AvgIpc) is 2.41. The summed E-state index contributed by atoms with van der Waals surface area (Å²) in [6, 6.07) is 0. The van der Waals surface area contributed by atoms with Gasteiger partial charge < -0.3 is 15.5 Å². The minimum absolute atomic E-state index is 0.923. The van der Waals surface area contributed by atoms with Gasteiger partial charge in [-0.25, -0.2) is 0 Å². The number of hydrogen-bond donors (Lipinski definition) is 2. The summed E-state index contributed by atoms with van der Waals surface area (Å²) in [5.41, 5.74) is 0. The molecule has 0 spiro atoms. The maximum atomic E-state index is 4.23. The van der Waals surface area contributed by atoms with Crippen molar-refractivity contribution in [2.75, 3.05) is 51.8 Å². The van der Waals surface area contributed by atoms with Crippen LogP contribution in [0.1, 0.15) is 26.7 Å². The number of likely N-dealkylation sites (N-methyl/N-ethyl adjacent to an activating group) is 1. The van der Waals surface area contributed by atoms with Crippen molar-refractivity contribution in [3.8, 4) is 0 Å². The Morgan fingerprint density at radius 3 is 2.33 bits per heavy atom. The molecule has 108 valence electrons. The lowest BCUT2D eigenvalue weighted by Gasteiger charge is -2.19. The molecule has 0 aliphatic carbocycles. The minimum Gasteiger partial charge on any atom is -0.356 e. The van der Waals surface area contributed by atoms with Gasteiger partial charge in [-0.3, -0.25) is 4.99 Å². The average molecular weight is 274 g/mol. The predicted molar refractivity (Wildman–Crippen MR) is 84.8 cm³/mol. The van der Waals surface area contributed by atoms with Crippen molar-refractivity contribution >= 4 is 17.7 Å². The van der Waals surface area contributed by atoms with Crippen LogP contribution in [0, 0.1) is 0 Å². The van der Waals surface area contributed by atoms with Crippen LogP contribution in [0.3, 0.4) is 0 Å². The first-order valence-corrected chi connectivity index (χ1v) is 8.33. The van der Waals surface area contributed by atoms with Crippen LogP contribution in [0.5, 0.6) is 0 Å². The standard InChI is InChI=1S/C13H30N4S/c1-5-17(6-2)11-10-16-13(14-3)15-9-7-8-12-18-4/h5-12H2,1-4H3,(H2,14,15,16). The Bertz CT molecular complexity index is 205. The zero-order valence-corrected chi connectivity index (χ0v) is 13.3. The fourth-order valence-corrected chi connectivity index (χ4v) is 2.16. The minimum atomic E-state index is 0.923. The Morgan fingerprint density at radius 1 is 1.11 bits per heavy atom. The molecular weight excluding hydrogens is 244 g/mol. The van der Waals surface area contributed by atoms with Gasteiger partial charge in [-0.2, -0.15) is 11.8 Å². The molecule has 0 aliphatic rings. The third-order valence-corrected chi connectivity index (χ3v) is 3.60. The topological polar surface area (TPSA) is 39.7 Å². The first-order chi connectivity index (χ1) is 8.78. The molecule has 0 unspecified atom stereocenters. The molecule has 0 aliphatic heterocycles. The molecule has 0 bridgehead atoms. The second-order valence-electron chi connectivity index (χ2n) is 4.15. The molecule has 0 saturated carbocycles. The van der Waals surface area contributed by atoms with Crippen LogP contribution in [-0.4, -0.2) is 62.6 Å². The fourth-order valence-electron chi connectivity index (χ4n) is 1.67. The van der Waals surface area contributed by atoms with E-state index in [-0.39, 0.29) is 0 Å². The fraction of sp³-hybridized carbons (Fsp3) is 0.923. The van der Waals surface area contributed by atoms with Gasteiger partial charge in [0.1, 0.15) is 0 Å². The molecule has 0 aromatic rings. The first kappa shape index (κ1) is 17.6. The summed E-state index contributed by atoms with van der Waals surface area (Å²) in [6.45, 7) is 9.64. The van der Waals surface area contributed by atoms with Crippen molar-refractivity contribution < 1.29 is 0 Å². The molecule has 0 saturated heterocycles. The van der Waals surface area contributed by atoms with Gasteiger partial charge in [0.25, 0.3) is 0 Å². The van der Waals surface area contributed by atoms with Gasteiger partial charge >= 0.3 is 0 Å². The lowest BCUT2D eigenvalue weighted by atomic mass is 10.3. The van der Waals surface area contributed by atoms with Gasteiger partial charge in [0.2, 0.25) is 0 Å². The number of unbranched alkanes of at least 4 members (excludes halogenated alkanes) is 1. The van der Waals surface area contributed by atoms with Crippen LogP contribution in [0.25, 0.3) is 0 Å². The zero-order valence-electron chi connectivity index (χ0n) is 12.5. The molecular formula is C13H30N4S. The van der Waals surface area contributed by atoms with E-state index in [9.17, 15) is 0 Å². The number of rotatable bonds is 10. The van der Waals surface area contributed by atoms with Crippen LogP contribution in [0.2, 0.25) is 0 Å². The Balaban J connectivity index is 3.59. The van der Waals surface area contributed by atoms with Gasteiger partial charge in [0, 0.05) is 26.7 Å². The van der Waals surface area contributed by atoms with E-state index in [4.69, 9.17) is 0 Å². The molecule has 0 aromatic heterocycles. The SMILES string of the molecule is CCN(CC)CCNC(=NC)NCCCCSC. The summed E-state index contributed by atoms with van der Waals surface area (Å²) in [5, 5.41) is 6.70. The molecule has 0 heterocycles. The molecule has 0 amide bonds. The van der Waals surface area contributed by atoms with E-state index in [1.54, 1.807) is 0 Å². The molecule has 0 atom stereocenters. The van der Waals surface area contributed by atoms with Crippen molar-refractivity contribution in [1.82, 2.24) is 15.5 Å². The van der Waals surface area contributed by atoms with Crippen LogP contribution in [0.4, 0.5) is 0 Å². The van der Waals surface area contributed by atoms with E-state index >= 15 is 0 Å². The smallest absolute Gasteiger partial charge is 0.191 e. The largest absolute Gasteiger partial charge is 0.356 e. The Labute approximate surface area is 117 Å². The van der Waals surface area contributed by atoms with E-state index in [2.05, 4.69) is 40.6 Å². The van der Waals surface area contributed by atoms with Crippen LogP contribution in [-0.2, 0) is 0 Å². The molecule has 5 heteroatoms. The van der Waals surface area contributed by atoms with Crippen molar-refractivity contribution in [2.24, 2.45) is 4.99 Å². The summed E-state index contributed by atoms with van der Waals surface area (Å²) in [5.74, 6) is 2.17. The number of guanidine groups is 1. The summed E-state index contributed by atoms with van der Waals surface area (Å²) >= 11 is 1.91. The van der Waals surface area contributed by atoms with Crippen LogP contribution >= 0.6 is 11.8 Å². The molecule has 0 rings (SSSR count). The summed E-state index contributed by atoms with van der Waals surface area (Å²) < 4.78 is 0. The summed E-state index contributed by atoms with van der Waals surface area (Å²) in [7, 11) is 1.83. The van der Waals surface area contributed by atoms with Gasteiger partial charge in [-0.1, -0.05) is 13.8 Å². The number of nitrogens with one attached hydrogen (secondary N) is 2. The maximum Gasteiger partial charge on any atom is 0.191 e. The normalized spacial score (nSPS) is 11.9. The van der Waals surface area contributed by atoms with Gasteiger partial charge in [-0.05, 0) is 37.9 Å². The summed E-state index contributed by atoms with van der Waals surface area (Å²) in [6.07, 6.45) is 4.63. The predicted octanol–water partition coefficient (Wildman–Crippen LogP) is 1.64. The van der Waals surface area contributed by atoms with Gasteiger partial charge in [0.15, 0.2) is 5.96 Å². The summed E-state index contributed by atoms with van der Waals surface area (Å²) in [4.78, 5) is 6.63. The molecule has 0 aromatic carbocycles. The lowest BCUT2D eigenvalue weighted by molar-refractivity contribution is 0.308. The third kappa shape index (κ3) is 9.59. The molecule has 0 fully saturated rings. The van der Waals surface area contributed by atoms with Crippen molar-refractivity contribution in [3.63, 3.8) is 0 Å². The number of hydrogen-bond acceptors (Lipinski definition) is 3. The molecule has 4 nitrogen and oxygen atoms in total. The van der Waals surface area contributed by atoms with Gasteiger partial charge in [-0.15, -0.1) is 0 Å². The van der Waals surface area contributed by atoms with Crippen molar-refractivity contribution in [3.05, 3.63) is 0 Å². The van der Waals surface area contributed by atoms with E-state index < -0.39 is 0 Å². The highest BCUT2D eigenvalue weighted by molar-refractivity contribution is 7.98. The van der Waals surface area contributed by atoms with E-state index in [1.807, 2.05) is 18.8 Å². The van der Waals surface area contributed by atoms with E-state index in [0.717, 1.165) is 38.7 Å². The van der Waals surface area contributed by atoms with E-state index in [1.165, 1.54) is 18.6 Å². The Hall–Kier alpha value is -0.420. The molecule has 0 radical (unpaired) electrons. The number of thioether (sulfide) groups is 1. The van der Waals surface area contributed by atoms with Gasteiger partial charge in [0.05, 0.1) is 0 Å². The zero-order chi connectivity index (χ0) is 13.6. The lowest BCUT2D eigenvalue weighted by Crippen LogP contribution is -2.41. The molecule has 18 heavy (non-hydrogen) atoms. The van der Waals surface area contributed by atoms with E-state index in [0.29, 0.717) is 0 Å². The number of nitrogens with zero attached hydrogens (tertiary/aromatic N) is 2. The second-order valence-corrected chi connectivity index (χ2v) is 5.14. The highest BCUT2D eigenvalue weighted by Crippen LogP contribution is 1.97. The maximum absolute atomic E-state index is 4.23. The van der Waals surface area contributed by atoms with Crippen LogP contribution < -0.4 is 10.6 Å². The quantitative estimate of drug-likeness (QED) is 0.361. The second kappa shape index (κ2) is 13.0. The monoisotopic (exact) mass is 274 g/mol. The third-order valence-electron chi connectivity index (χ3n) is 2.91. The highest BCUT2D eigenvalue weighted by Gasteiger charge is 2.00. The van der Waals surface area contributed by atoms with Crippen molar-refractivity contribution in [2.45, 2.75) is 26.7 Å². The Morgan fingerprint density at radius 2 is 1.78 bits per heavy atom. The first-order valence-electron chi connectivity index (χ1n) is 6.94. The van der Waals surface area contributed by atoms with Crippen molar-refractivity contribution in [1.29, 1.82) is 0 Å². The highest BCUT2D eigenvalue weighted by atomic mass is 32.2.